The minimum atomic E-state index is -1.72. The van der Waals surface area contributed by atoms with E-state index in [2.05, 4.69) is 199 Å². The van der Waals surface area contributed by atoms with Crippen LogP contribution in [-0.2, 0) is 25.5 Å². The third-order valence-electron chi connectivity index (χ3n) is 11.9. The molecule has 0 bridgehead atoms. The molecule has 11 rings (SSSR count). The molecular formula is C58H48GeIrN4S-2. The van der Waals surface area contributed by atoms with Gasteiger partial charge in [0.05, 0.1) is 11.5 Å². The Bertz CT molecular complexity index is 3380. The summed E-state index contributed by atoms with van der Waals surface area (Å²) in [5.41, 5.74) is 11.6. The van der Waals surface area contributed by atoms with E-state index in [4.69, 9.17) is 9.97 Å². The third kappa shape index (κ3) is 8.65. The Morgan fingerprint density at radius 3 is 1.88 bits per heavy atom. The molecule has 4 aromatic heterocycles. The second-order valence-corrected chi connectivity index (χ2v) is 30.0. The van der Waals surface area contributed by atoms with E-state index >= 15 is 0 Å². The molecule has 65 heavy (non-hydrogen) atoms. The van der Waals surface area contributed by atoms with Crippen LogP contribution in [-0.4, -0.2) is 32.8 Å². The van der Waals surface area contributed by atoms with Crippen LogP contribution in [0, 0.1) is 12.1 Å². The van der Waals surface area contributed by atoms with Gasteiger partial charge in [0.2, 0.25) is 0 Å². The number of fused-ring (bicyclic) bond motifs is 6. The molecule has 0 amide bonds. The van der Waals surface area contributed by atoms with Gasteiger partial charge in [0.1, 0.15) is 5.52 Å². The van der Waals surface area contributed by atoms with E-state index < -0.39 is 13.3 Å². The maximum atomic E-state index is 5.52. The van der Waals surface area contributed by atoms with E-state index in [0.29, 0.717) is 0 Å². The summed E-state index contributed by atoms with van der Waals surface area (Å²) in [7, 11) is 0. The Morgan fingerprint density at radius 1 is 0.600 bits per heavy atom. The first kappa shape index (κ1) is 44.2. The van der Waals surface area contributed by atoms with Gasteiger partial charge in [0.15, 0.2) is 5.65 Å². The molecule has 0 spiro atoms. The van der Waals surface area contributed by atoms with Gasteiger partial charge >= 0.3 is 99.8 Å². The Hall–Kier alpha value is -6.02. The van der Waals surface area contributed by atoms with Crippen molar-refractivity contribution in [1.82, 2.24) is 19.5 Å². The summed E-state index contributed by atoms with van der Waals surface area (Å²) < 4.78 is 6.19. The van der Waals surface area contributed by atoms with Crippen molar-refractivity contribution in [2.45, 2.75) is 43.5 Å². The molecule has 7 aromatic carbocycles. The molecule has 0 unspecified atom stereocenters. The molecule has 0 saturated carbocycles. The van der Waals surface area contributed by atoms with Crippen LogP contribution in [0.25, 0.3) is 92.7 Å². The van der Waals surface area contributed by atoms with E-state index in [1.165, 1.54) is 30.1 Å². The number of benzene rings is 7. The molecule has 1 radical (unpaired) electrons. The van der Waals surface area contributed by atoms with Gasteiger partial charge in [-0.2, -0.15) is 11.3 Å². The molecule has 11 aromatic rings. The van der Waals surface area contributed by atoms with Crippen molar-refractivity contribution in [1.29, 1.82) is 0 Å². The molecular weight excluding hydrogens is 1050 g/mol. The van der Waals surface area contributed by atoms with Gasteiger partial charge < -0.3 is 4.57 Å². The standard InChI is InChI=1S/C44H32N3S.C14H16GeN.Ir/c1-44(2,3)31-25-36(28-15-6-4-7-16-28)40(37(26-31)29-17-8-5-9-18-29)47-42(46-39-32-20-11-10-19-30(32)27-45-43(39)47)35-23-14-22-34-33-21-12-13-24-38(33)48-41(34)35;1-15(2,3)13-9-10-14(16-11-13)12-7-5-4-6-8-12;/h4-22,24-27H,1-3H3;4-7,9-11H,1-3H3;/q2*-1;. The number of aromatic nitrogens is 4. The van der Waals surface area contributed by atoms with Crippen LogP contribution in [0.15, 0.2) is 182 Å². The monoisotopic (exact) mass is 1100 g/mol. The van der Waals surface area contributed by atoms with Gasteiger partial charge in [-0.15, -0.1) is 18.2 Å². The van der Waals surface area contributed by atoms with Crippen LogP contribution in [0.4, 0.5) is 0 Å². The zero-order chi connectivity index (χ0) is 44.0. The SMILES string of the molecule is CC(C)(C)c1cc(-c2ccccc2)c(-n2c(-c3[c-]ccc4c3sc3ccccc34)nc3c4ccccc4cnc32)c(-c2ccccc2)c1.[CH3][Ge]([CH3])([CH3])[c]1ccc(-c2[c-]cccc2)nc1.[Ir]. The van der Waals surface area contributed by atoms with Crippen LogP contribution in [0.3, 0.4) is 0 Å². The Kier molecular flexibility index (Phi) is 12.3. The Morgan fingerprint density at radius 2 is 1.25 bits per heavy atom. The maximum Gasteiger partial charge on any atom is 0 e. The first-order valence-electron chi connectivity index (χ1n) is 21.8. The predicted molar refractivity (Wildman–Crippen MR) is 275 cm³/mol. The summed E-state index contributed by atoms with van der Waals surface area (Å²) in [4.78, 5) is 15.2. The molecule has 0 atom stereocenters. The normalized spacial score (nSPS) is 11.7. The minimum Gasteiger partial charge on any atom is 0 e. The molecule has 0 saturated heterocycles. The van der Waals surface area contributed by atoms with Crippen molar-refractivity contribution in [3.63, 3.8) is 0 Å². The fourth-order valence-electron chi connectivity index (χ4n) is 8.44. The van der Waals surface area contributed by atoms with Crippen LogP contribution in [0.2, 0.25) is 17.3 Å². The number of imidazole rings is 1. The van der Waals surface area contributed by atoms with Gasteiger partial charge in [-0.05, 0) is 50.4 Å². The zero-order valence-electron chi connectivity index (χ0n) is 37.4. The first-order chi connectivity index (χ1) is 31.0. The van der Waals surface area contributed by atoms with Crippen LogP contribution in [0.5, 0.6) is 0 Å². The second kappa shape index (κ2) is 18.1. The quantitative estimate of drug-likeness (QED) is 0.123. The van der Waals surface area contributed by atoms with Crippen LogP contribution < -0.4 is 4.40 Å². The molecule has 0 aliphatic rings. The first-order valence-corrected chi connectivity index (χ1v) is 30.0. The van der Waals surface area contributed by atoms with Gasteiger partial charge in [0, 0.05) is 52.9 Å². The summed E-state index contributed by atoms with van der Waals surface area (Å²) >= 11 is 0.0866. The van der Waals surface area contributed by atoms with Crippen LogP contribution >= 0.6 is 11.3 Å². The van der Waals surface area contributed by atoms with E-state index in [1.54, 1.807) is 11.3 Å². The molecule has 321 valence electrons. The summed E-state index contributed by atoms with van der Waals surface area (Å²) in [6, 6.07) is 66.7. The Balaban J connectivity index is 0.000000266. The van der Waals surface area contributed by atoms with Gasteiger partial charge in [0.25, 0.3) is 0 Å². The van der Waals surface area contributed by atoms with Crippen molar-refractivity contribution in [3.05, 3.63) is 200 Å². The number of nitrogens with zero attached hydrogens (tertiary/aromatic N) is 4. The summed E-state index contributed by atoms with van der Waals surface area (Å²) in [5.74, 6) is 7.98. The number of rotatable bonds is 6. The second-order valence-electron chi connectivity index (χ2n) is 18.3. The predicted octanol–water partition coefficient (Wildman–Crippen LogP) is 15.1. The zero-order valence-corrected chi connectivity index (χ0v) is 42.7. The molecule has 0 aliphatic carbocycles. The van der Waals surface area contributed by atoms with E-state index in [9.17, 15) is 0 Å². The van der Waals surface area contributed by atoms with Gasteiger partial charge in [-0.25, -0.2) is 4.98 Å². The summed E-state index contributed by atoms with van der Waals surface area (Å²) in [6.45, 7) is 6.86. The van der Waals surface area contributed by atoms with Crippen LogP contribution in [0.1, 0.15) is 26.3 Å². The maximum absolute atomic E-state index is 5.52. The number of hydrogen-bond acceptors (Lipinski definition) is 4. The molecule has 4 nitrogen and oxygen atoms in total. The minimum absolute atomic E-state index is 0. The van der Waals surface area contributed by atoms with E-state index in [0.717, 1.165) is 72.5 Å². The smallest absolute Gasteiger partial charge is 0 e. The van der Waals surface area contributed by atoms with Crippen molar-refractivity contribution in [2.75, 3.05) is 0 Å². The van der Waals surface area contributed by atoms with E-state index in [-0.39, 0.29) is 25.5 Å². The fraction of sp³-hybridized carbons (Fsp3) is 0.121. The summed E-state index contributed by atoms with van der Waals surface area (Å²) in [6.07, 6.45) is 4.02. The topological polar surface area (TPSA) is 43.6 Å². The van der Waals surface area contributed by atoms with Crippen molar-refractivity contribution >= 4 is 71.1 Å². The molecule has 0 fully saturated rings. The largest absolute Gasteiger partial charge is 0 e. The third-order valence-corrected chi connectivity index (χ3v) is 17.4. The van der Waals surface area contributed by atoms with Gasteiger partial charge in [-0.1, -0.05) is 135 Å². The van der Waals surface area contributed by atoms with Crippen molar-refractivity contribution < 1.29 is 20.1 Å². The summed E-state index contributed by atoms with van der Waals surface area (Å²) in [5, 5.41) is 4.62. The molecule has 4 heterocycles. The van der Waals surface area contributed by atoms with E-state index in [1.807, 2.05) is 42.7 Å². The number of thiophene rings is 1. The molecule has 7 heteroatoms. The number of hydrogen-bond donors (Lipinski definition) is 0. The average Bonchev–Trinajstić information content (AvgIpc) is 3.91. The Labute approximate surface area is 401 Å². The average molecular weight is 1100 g/mol. The molecule has 0 N–H and O–H groups in total. The fourth-order valence-corrected chi connectivity index (χ4v) is 11.8. The van der Waals surface area contributed by atoms with Gasteiger partial charge in [-0.3, -0.25) is 4.98 Å². The number of pyridine rings is 2. The van der Waals surface area contributed by atoms with Crippen molar-refractivity contribution in [2.24, 2.45) is 0 Å². The molecule has 0 aliphatic heterocycles. The van der Waals surface area contributed by atoms with Crippen molar-refractivity contribution in [3.8, 4) is 50.6 Å².